The molecule has 2 rings (SSSR count). The Kier molecular flexibility index (Phi) is 6.81. The van der Waals surface area contributed by atoms with Gasteiger partial charge in [-0.1, -0.05) is 0 Å². The van der Waals surface area contributed by atoms with E-state index in [1.165, 1.54) is 10.7 Å². The van der Waals surface area contributed by atoms with Gasteiger partial charge in [0.15, 0.2) is 0 Å². The molecule has 0 aromatic carbocycles. The molecule has 9 heteroatoms. The molecule has 0 bridgehead atoms. The molecular formula is C18H29N5O4. The summed E-state index contributed by atoms with van der Waals surface area (Å²) in [6, 6.07) is 3.21. The van der Waals surface area contributed by atoms with Crippen molar-refractivity contribution in [1.82, 2.24) is 20.4 Å². The Morgan fingerprint density at radius 3 is 2.41 bits per heavy atom. The van der Waals surface area contributed by atoms with Gasteiger partial charge in [-0.15, -0.1) is 0 Å². The molecule has 1 aromatic rings. The Bertz CT molecular complexity index is 717. The van der Waals surface area contributed by atoms with Crippen molar-refractivity contribution in [1.29, 1.82) is 0 Å². The van der Waals surface area contributed by atoms with E-state index in [-0.39, 0.29) is 17.4 Å². The van der Waals surface area contributed by atoms with Crippen molar-refractivity contribution in [2.75, 3.05) is 31.1 Å². The lowest BCUT2D eigenvalue weighted by atomic mass is 9.96. The van der Waals surface area contributed by atoms with Crippen molar-refractivity contribution >= 4 is 17.8 Å². The van der Waals surface area contributed by atoms with E-state index in [2.05, 4.69) is 20.6 Å². The Hall–Kier alpha value is -2.58. The highest BCUT2D eigenvalue weighted by Crippen LogP contribution is 2.21. The van der Waals surface area contributed by atoms with Crippen molar-refractivity contribution in [3.63, 3.8) is 0 Å². The summed E-state index contributed by atoms with van der Waals surface area (Å²) in [5.74, 6) is 0.682. The maximum Gasteiger partial charge on any atom is 0.407 e. The number of hydrogen-bond acceptors (Lipinski definition) is 6. The highest BCUT2D eigenvalue weighted by Gasteiger charge is 2.25. The number of rotatable bonds is 5. The van der Waals surface area contributed by atoms with Gasteiger partial charge in [-0.25, -0.2) is 9.48 Å². The van der Waals surface area contributed by atoms with Gasteiger partial charge in [-0.05, 0) is 39.7 Å². The summed E-state index contributed by atoms with van der Waals surface area (Å²) in [6.07, 6.45) is 0.945. The van der Waals surface area contributed by atoms with Crippen LogP contribution in [0.15, 0.2) is 16.9 Å². The summed E-state index contributed by atoms with van der Waals surface area (Å²) in [4.78, 5) is 37.3. The van der Waals surface area contributed by atoms with Crippen LogP contribution in [0.2, 0.25) is 0 Å². The molecule has 0 saturated carbocycles. The van der Waals surface area contributed by atoms with E-state index in [1.54, 1.807) is 33.9 Å². The van der Waals surface area contributed by atoms with E-state index in [0.29, 0.717) is 26.2 Å². The van der Waals surface area contributed by atoms with Gasteiger partial charge in [-0.3, -0.25) is 9.59 Å². The molecule has 1 aliphatic heterocycles. The number of aryl methyl sites for hydroxylation is 1. The number of nitrogens with zero attached hydrogens (tertiary/aromatic N) is 3. The summed E-state index contributed by atoms with van der Waals surface area (Å²) < 4.78 is 6.45. The van der Waals surface area contributed by atoms with Crippen LogP contribution in [-0.2, 0) is 16.6 Å². The quantitative estimate of drug-likeness (QED) is 0.727. The van der Waals surface area contributed by atoms with Crippen molar-refractivity contribution in [2.45, 2.75) is 39.2 Å². The van der Waals surface area contributed by atoms with Crippen LogP contribution < -0.4 is 21.1 Å². The van der Waals surface area contributed by atoms with E-state index in [9.17, 15) is 14.4 Å². The van der Waals surface area contributed by atoms with E-state index in [4.69, 9.17) is 4.74 Å². The van der Waals surface area contributed by atoms with Crippen LogP contribution in [0.3, 0.4) is 0 Å². The fraction of sp³-hybridized carbons (Fsp3) is 0.667. The summed E-state index contributed by atoms with van der Waals surface area (Å²) >= 11 is 0. The van der Waals surface area contributed by atoms with E-state index in [0.717, 1.165) is 18.7 Å². The first-order valence-electron chi connectivity index (χ1n) is 9.19. The molecule has 1 aromatic heterocycles. The molecule has 2 amide bonds. The molecule has 27 heavy (non-hydrogen) atoms. The van der Waals surface area contributed by atoms with E-state index >= 15 is 0 Å². The third kappa shape index (κ3) is 6.58. The predicted molar refractivity (Wildman–Crippen MR) is 102 cm³/mol. The van der Waals surface area contributed by atoms with Crippen LogP contribution in [0.1, 0.15) is 33.6 Å². The van der Waals surface area contributed by atoms with Crippen molar-refractivity contribution < 1.29 is 14.3 Å². The van der Waals surface area contributed by atoms with E-state index < -0.39 is 11.7 Å². The normalized spacial score (nSPS) is 15.3. The minimum atomic E-state index is -0.540. The lowest BCUT2D eigenvalue weighted by molar-refractivity contribution is -0.125. The smallest absolute Gasteiger partial charge is 0.407 e. The van der Waals surface area contributed by atoms with Crippen molar-refractivity contribution in [2.24, 2.45) is 13.0 Å². The molecule has 2 N–H and O–H groups in total. The zero-order valence-corrected chi connectivity index (χ0v) is 16.4. The third-order valence-corrected chi connectivity index (χ3v) is 4.23. The predicted octanol–water partition coefficient (Wildman–Crippen LogP) is 0.638. The summed E-state index contributed by atoms with van der Waals surface area (Å²) in [5.41, 5.74) is -0.686. The maximum absolute atomic E-state index is 12.3. The van der Waals surface area contributed by atoms with Crippen LogP contribution in [0.5, 0.6) is 0 Å². The third-order valence-electron chi connectivity index (χ3n) is 4.23. The summed E-state index contributed by atoms with van der Waals surface area (Å²) in [6.45, 7) is 7.49. The van der Waals surface area contributed by atoms with Crippen LogP contribution in [-0.4, -0.2) is 53.6 Å². The van der Waals surface area contributed by atoms with Gasteiger partial charge in [-0.2, -0.15) is 5.10 Å². The Labute approximate surface area is 159 Å². The Morgan fingerprint density at radius 1 is 1.19 bits per heavy atom. The minimum absolute atomic E-state index is 0.00550. The zero-order chi connectivity index (χ0) is 20.0. The van der Waals surface area contributed by atoms with Gasteiger partial charge in [0.25, 0.3) is 5.56 Å². The average molecular weight is 379 g/mol. The molecule has 0 atom stereocenters. The Morgan fingerprint density at radius 2 is 1.81 bits per heavy atom. The Balaban J connectivity index is 1.69. The molecule has 0 unspecified atom stereocenters. The number of amides is 2. The highest BCUT2D eigenvalue weighted by atomic mass is 16.6. The number of piperidine rings is 1. The lowest BCUT2D eigenvalue weighted by Crippen LogP contribution is -2.43. The molecule has 0 aliphatic carbocycles. The molecule has 9 nitrogen and oxygen atoms in total. The SMILES string of the molecule is Cn1nc(N2CCC(C(=O)NCCNC(=O)OC(C)(C)C)CC2)ccc1=O. The second-order valence-corrected chi connectivity index (χ2v) is 7.63. The van der Waals surface area contributed by atoms with Gasteiger partial charge in [0, 0.05) is 45.2 Å². The van der Waals surface area contributed by atoms with Crippen LogP contribution in [0.25, 0.3) is 0 Å². The fourth-order valence-electron chi connectivity index (χ4n) is 2.84. The fourth-order valence-corrected chi connectivity index (χ4v) is 2.84. The van der Waals surface area contributed by atoms with E-state index in [1.807, 2.05) is 0 Å². The van der Waals surface area contributed by atoms with Crippen molar-refractivity contribution in [3.05, 3.63) is 22.5 Å². The molecule has 1 fully saturated rings. The lowest BCUT2D eigenvalue weighted by Gasteiger charge is -2.32. The molecule has 150 valence electrons. The number of anilines is 1. The van der Waals surface area contributed by atoms with Crippen LogP contribution in [0, 0.1) is 5.92 Å². The zero-order valence-electron chi connectivity index (χ0n) is 16.4. The number of carbonyl (C=O) groups excluding carboxylic acids is 2. The van der Waals surface area contributed by atoms with Crippen LogP contribution in [0.4, 0.5) is 10.6 Å². The topological polar surface area (TPSA) is 106 Å². The molecule has 1 saturated heterocycles. The summed E-state index contributed by atoms with van der Waals surface area (Å²) in [5, 5.41) is 9.71. The number of ether oxygens (including phenoxy) is 1. The maximum atomic E-state index is 12.3. The minimum Gasteiger partial charge on any atom is -0.444 e. The van der Waals surface area contributed by atoms with Crippen molar-refractivity contribution in [3.8, 4) is 0 Å². The average Bonchev–Trinajstić information content (AvgIpc) is 2.59. The molecule has 2 heterocycles. The molecule has 0 spiro atoms. The number of hydrogen-bond donors (Lipinski definition) is 2. The molecular weight excluding hydrogens is 350 g/mol. The number of carbonyl (C=O) groups is 2. The largest absolute Gasteiger partial charge is 0.444 e. The monoisotopic (exact) mass is 379 g/mol. The first kappa shape index (κ1) is 20.7. The van der Waals surface area contributed by atoms with Gasteiger partial charge >= 0.3 is 6.09 Å². The second-order valence-electron chi connectivity index (χ2n) is 7.63. The van der Waals surface area contributed by atoms with Gasteiger partial charge < -0.3 is 20.3 Å². The second kappa shape index (κ2) is 8.88. The highest BCUT2D eigenvalue weighted by molar-refractivity contribution is 5.79. The standard InChI is InChI=1S/C18H29N5O4/c1-18(2,3)27-17(26)20-10-9-19-16(25)13-7-11-23(12-8-13)14-5-6-15(24)22(4)21-14/h5-6,13H,7-12H2,1-4H3,(H,19,25)(H,20,26). The van der Waals surface area contributed by atoms with Gasteiger partial charge in [0.2, 0.25) is 5.91 Å². The molecule has 0 radical (unpaired) electrons. The number of nitrogens with one attached hydrogen (secondary N) is 2. The summed E-state index contributed by atoms with van der Waals surface area (Å²) in [7, 11) is 1.62. The number of aromatic nitrogens is 2. The van der Waals surface area contributed by atoms with Gasteiger partial charge in [0.05, 0.1) is 0 Å². The van der Waals surface area contributed by atoms with Crippen LogP contribution >= 0.6 is 0 Å². The molecule has 1 aliphatic rings. The first-order valence-corrected chi connectivity index (χ1v) is 9.19. The van der Waals surface area contributed by atoms with Gasteiger partial charge in [0.1, 0.15) is 11.4 Å². The first-order chi connectivity index (χ1) is 12.7. The number of alkyl carbamates (subject to hydrolysis) is 1.